The fourth-order valence-electron chi connectivity index (χ4n) is 1.82. The Morgan fingerprint density at radius 3 is 2.89 bits per heavy atom. The minimum atomic E-state index is 0.375. The molecule has 0 fully saturated rings. The molecule has 3 heterocycles. The van der Waals surface area contributed by atoms with E-state index in [1.807, 2.05) is 24.3 Å². The molecule has 0 aromatic carbocycles. The fraction of sp³-hybridized carbons (Fsp3) is 0.0833. The largest absolute Gasteiger partial charge is 0.481 e. The number of nitrogens with zero attached hydrogens (tertiary/aromatic N) is 4. The highest BCUT2D eigenvalue weighted by atomic mass is 35.5. The molecule has 0 N–H and O–H groups in total. The van der Waals surface area contributed by atoms with Crippen LogP contribution in [0.1, 0.15) is 0 Å². The number of hydrogen-bond donors (Lipinski definition) is 0. The molecule has 3 rings (SSSR count). The summed E-state index contributed by atoms with van der Waals surface area (Å²) in [5, 5.41) is 4.62. The predicted molar refractivity (Wildman–Crippen MR) is 67.8 cm³/mol. The van der Waals surface area contributed by atoms with E-state index in [0.717, 1.165) is 5.56 Å². The summed E-state index contributed by atoms with van der Waals surface area (Å²) in [4.78, 5) is 8.40. The number of rotatable bonds is 2. The maximum Gasteiger partial charge on any atom is 0.222 e. The van der Waals surface area contributed by atoms with Crippen LogP contribution in [0.5, 0.6) is 5.88 Å². The van der Waals surface area contributed by atoms with Gasteiger partial charge in [0.05, 0.1) is 12.7 Å². The summed E-state index contributed by atoms with van der Waals surface area (Å²) >= 11 is 6.18. The van der Waals surface area contributed by atoms with Gasteiger partial charge in [-0.25, -0.2) is 14.5 Å². The van der Waals surface area contributed by atoms with Gasteiger partial charge in [-0.15, -0.1) is 0 Å². The first-order valence-electron chi connectivity index (χ1n) is 5.30. The van der Waals surface area contributed by atoms with E-state index in [1.54, 1.807) is 24.0 Å². The Bertz CT molecular complexity index is 710. The van der Waals surface area contributed by atoms with Crippen molar-refractivity contribution in [2.75, 3.05) is 7.11 Å². The SMILES string of the molecule is COc1ncccc1-c1c(Cl)nc2cccnn12. The predicted octanol–water partition coefficient (Wildman–Crippen LogP) is 2.45. The zero-order valence-corrected chi connectivity index (χ0v) is 10.3. The number of imidazole rings is 1. The van der Waals surface area contributed by atoms with E-state index in [-0.39, 0.29) is 0 Å². The van der Waals surface area contributed by atoms with Crippen LogP contribution in [0.25, 0.3) is 16.9 Å². The first-order chi connectivity index (χ1) is 8.81. The van der Waals surface area contributed by atoms with Crippen molar-refractivity contribution in [2.24, 2.45) is 0 Å². The molecule has 3 aromatic heterocycles. The number of aromatic nitrogens is 4. The van der Waals surface area contributed by atoms with Crippen molar-refractivity contribution in [1.29, 1.82) is 0 Å². The van der Waals surface area contributed by atoms with Gasteiger partial charge in [0.15, 0.2) is 10.8 Å². The van der Waals surface area contributed by atoms with Crippen molar-refractivity contribution in [3.05, 3.63) is 41.8 Å². The molecule has 0 radical (unpaired) electrons. The summed E-state index contributed by atoms with van der Waals surface area (Å²) < 4.78 is 6.90. The van der Waals surface area contributed by atoms with Crippen LogP contribution < -0.4 is 4.74 Å². The van der Waals surface area contributed by atoms with E-state index in [9.17, 15) is 0 Å². The Labute approximate surface area is 108 Å². The maximum atomic E-state index is 6.18. The molecule has 0 unspecified atom stereocenters. The van der Waals surface area contributed by atoms with Crippen LogP contribution in [0.4, 0.5) is 0 Å². The van der Waals surface area contributed by atoms with Gasteiger partial charge in [-0.3, -0.25) is 0 Å². The van der Waals surface area contributed by atoms with Crippen LogP contribution in [0.2, 0.25) is 5.15 Å². The molecule has 6 heteroatoms. The molecule has 0 aliphatic rings. The van der Waals surface area contributed by atoms with Crippen molar-refractivity contribution in [1.82, 2.24) is 19.6 Å². The normalized spacial score (nSPS) is 10.8. The van der Waals surface area contributed by atoms with Gasteiger partial charge in [-0.2, -0.15) is 5.10 Å². The summed E-state index contributed by atoms with van der Waals surface area (Å²) in [6.07, 6.45) is 3.34. The van der Waals surface area contributed by atoms with Crippen molar-refractivity contribution in [3.63, 3.8) is 0 Å². The Balaban J connectivity index is 2.34. The zero-order chi connectivity index (χ0) is 12.5. The second-order valence-corrected chi connectivity index (χ2v) is 3.96. The lowest BCUT2D eigenvalue weighted by Crippen LogP contribution is -1.96. The summed E-state index contributed by atoms with van der Waals surface area (Å²) in [5.74, 6) is 0.492. The molecule has 5 nitrogen and oxygen atoms in total. The van der Waals surface area contributed by atoms with Gasteiger partial charge in [0.25, 0.3) is 0 Å². The molecule has 0 amide bonds. The molecule has 0 aliphatic heterocycles. The number of ether oxygens (including phenoxy) is 1. The quantitative estimate of drug-likeness (QED) is 0.710. The van der Waals surface area contributed by atoms with E-state index in [2.05, 4.69) is 15.1 Å². The molecule has 18 heavy (non-hydrogen) atoms. The lowest BCUT2D eigenvalue weighted by atomic mass is 10.2. The van der Waals surface area contributed by atoms with Gasteiger partial charge >= 0.3 is 0 Å². The Morgan fingerprint density at radius 1 is 1.22 bits per heavy atom. The Hall–Kier alpha value is -2.14. The number of halogens is 1. The molecule has 0 atom stereocenters. The van der Waals surface area contributed by atoms with E-state index in [0.29, 0.717) is 22.4 Å². The Morgan fingerprint density at radius 2 is 2.06 bits per heavy atom. The molecule has 0 saturated carbocycles. The minimum Gasteiger partial charge on any atom is -0.481 e. The first kappa shape index (κ1) is 11.0. The standard InChI is InChI=1S/C12H9ClN4O/c1-18-12-8(4-2-6-14-12)10-11(13)16-9-5-3-7-15-17(9)10/h2-7H,1H3. The van der Waals surface area contributed by atoms with Gasteiger partial charge in [0.1, 0.15) is 5.69 Å². The van der Waals surface area contributed by atoms with E-state index in [1.165, 1.54) is 0 Å². The zero-order valence-electron chi connectivity index (χ0n) is 9.54. The molecule has 3 aromatic rings. The minimum absolute atomic E-state index is 0.375. The highest BCUT2D eigenvalue weighted by Gasteiger charge is 2.17. The lowest BCUT2D eigenvalue weighted by Gasteiger charge is -2.06. The lowest BCUT2D eigenvalue weighted by molar-refractivity contribution is 0.399. The molecule has 0 spiro atoms. The molecule has 0 saturated heterocycles. The molecular weight excluding hydrogens is 252 g/mol. The van der Waals surface area contributed by atoms with E-state index >= 15 is 0 Å². The van der Waals surface area contributed by atoms with Crippen LogP contribution >= 0.6 is 11.6 Å². The van der Waals surface area contributed by atoms with Gasteiger partial charge in [-0.05, 0) is 24.3 Å². The number of fused-ring (bicyclic) bond motifs is 1. The van der Waals surface area contributed by atoms with Gasteiger partial charge in [-0.1, -0.05) is 11.6 Å². The highest BCUT2D eigenvalue weighted by Crippen LogP contribution is 2.32. The number of pyridine rings is 1. The van der Waals surface area contributed by atoms with Gasteiger partial charge in [0.2, 0.25) is 5.88 Å². The third kappa shape index (κ3) is 1.60. The Kier molecular flexibility index (Phi) is 2.60. The van der Waals surface area contributed by atoms with Crippen LogP contribution in [-0.2, 0) is 0 Å². The monoisotopic (exact) mass is 260 g/mol. The van der Waals surface area contributed by atoms with Gasteiger partial charge in [0, 0.05) is 12.4 Å². The van der Waals surface area contributed by atoms with Crippen molar-refractivity contribution in [3.8, 4) is 17.1 Å². The number of hydrogen-bond acceptors (Lipinski definition) is 4. The van der Waals surface area contributed by atoms with Gasteiger partial charge < -0.3 is 4.74 Å². The molecular formula is C12H9ClN4O. The third-order valence-corrected chi connectivity index (χ3v) is 2.83. The van der Waals surface area contributed by atoms with Crippen LogP contribution in [0.3, 0.4) is 0 Å². The summed E-state index contributed by atoms with van der Waals surface area (Å²) in [7, 11) is 1.57. The van der Waals surface area contributed by atoms with Crippen LogP contribution in [0.15, 0.2) is 36.7 Å². The molecule has 0 bridgehead atoms. The maximum absolute atomic E-state index is 6.18. The highest BCUT2D eigenvalue weighted by molar-refractivity contribution is 6.32. The number of methoxy groups -OCH3 is 1. The third-order valence-electron chi connectivity index (χ3n) is 2.57. The van der Waals surface area contributed by atoms with Crippen LogP contribution in [0, 0.1) is 0 Å². The van der Waals surface area contributed by atoms with Crippen molar-refractivity contribution >= 4 is 17.2 Å². The first-order valence-corrected chi connectivity index (χ1v) is 5.67. The van der Waals surface area contributed by atoms with Crippen molar-refractivity contribution < 1.29 is 4.74 Å². The average molecular weight is 261 g/mol. The summed E-state index contributed by atoms with van der Waals surface area (Å²) in [6, 6.07) is 7.33. The second-order valence-electron chi connectivity index (χ2n) is 3.61. The average Bonchev–Trinajstić information content (AvgIpc) is 2.74. The fourth-order valence-corrected chi connectivity index (χ4v) is 2.09. The smallest absolute Gasteiger partial charge is 0.222 e. The topological polar surface area (TPSA) is 52.3 Å². The van der Waals surface area contributed by atoms with Crippen LogP contribution in [-0.4, -0.2) is 26.7 Å². The van der Waals surface area contributed by atoms with E-state index < -0.39 is 0 Å². The van der Waals surface area contributed by atoms with E-state index in [4.69, 9.17) is 16.3 Å². The molecule has 90 valence electrons. The second kappa shape index (κ2) is 4.27. The van der Waals surface area contributed by atoms with Crippen molar-refractivity contribution in [2.45, 2.75) is 0 Å². The summed E-state index contributed by atoms with van der Waals surface area (Å²) in [5.41, 5.74) is 2.12. The summed E-state index contributed by atoms with van der Waals surface area (Å²) in [6.45, 7) is 0. The molecule has 0 aliphatic carbocycles.